The molecule has 202 valence electrons. The Kier molecular flexibility index (Phi) is 7.75. The number of carboxylic acids is 1. The van der Waals surface area contributed by atoms with Gasteiger partial charge >= 0.3 is 5.97 Å². The van der Waals surface area contributed by atoms with E-state index in [1.165, 1.54) is 29.5 Å². The van der Waals surface area contributed by atoms with Gasteiger partial charge in [-0.2, -0.15) is 0 Å². The van der Waals surface area contributed by atoms with Gasteiger partial charge in [0.15, 0.2) is 0 Å². The first-order valence-electron chi connectivity index (χ1n) is 14.4. The van der Waals surface area contributed by atoms with Crippen molar-refractivity contribution in [2.24, 2.45) is 0 Å². The summed E-state index contributed by atoms with van der Waals surface area (Å²) in [4.78, 5) is 21.4. The van der Waals surface area contributed by atoms with E-state index in [4.69, 9.17) is 4.98 Å². The number of aromatic nitrogens is 2. The van der Waals surface area contributed by atoms with Crippen molar-refractivity contribution >= 4 is 17.0 Å². The molecule has 4 aromatic rings. The average Bonchev–Trinajstić information content (AvgIpc) is 3.62. The van der Waals surface area contributed by atoms with Crippen LogP contribution in [0.4, 0.5) is 0 Å². The van der Waals surface area contributed by atoms with Gasteiger partial charge < -0.3 is 9.67 Å². The lowest BCUT2D eigenvalue weighted by Crippen LogP contribution is -2.47. The van der Waals surface area contributed by atoms with Gasteiger partial charge in [0.2, 0.25) is 0 Å². The first-order chi connectivity index (χ1) is 19.2. The van der Waals surface area contributed by atoms with Crippen molar-refractivity contribution in [3.05, 3.63) is 101 Å². The minimum Gasteiger partial charge on any atom is -0.481 e. The van der Waals surface area contributed by atoms with E-state index >= 15 is 0 Å². The molecule has 6 heteroatoms. The molecule has 2 aliphatic rings. The second-order valence-electron chi connectivity index (χ2n) is 11.1. The van der Waals surface area contributed by atoms with Crippen LogP contribution in [-0.2, 0) is 17.8 Å². The van der Waals surface area contributed by atoms with Crippen LogP contribution in [-0.4, -0.2) is 56.6 Å². The molecule has 1 saturated heterocycles. The number of piperazine rings is 1. The number of aryl methyl sites for hydroxylation is 1. The normalized spacial score (nSPS) is 17.4. The Morgan fingerprint density at radius 3 is 2.13 bits per heavy atom. The minimum atomic E-state index is -0.762. The predicted octanol–water partition coefficient (Wildman–Crippen LogP) is 6.08. The summed E-state index contributed by atoms with van der Waals surface area (Å²) in [6.07, 6.45) is 5.40. The number of fused-ring (bicyclic) bond motifs is 1. The largest absolute Gasteiger partial charge is 0.481 e. The standard InChI is InChI=1S/C33H38N4O2/c38-32(39)18-17-31-34-29-23-25(15-16-30(29)37(31)28-13-7-8-14-28)24-35-19-21-36(22-20-35)33(26-9-3-1-4-10-26)27-11-5-2-6-12-27/h1-6,9-12,15-16,23,28,33H,7-8,13-14,17-22,24H2,(H,38,39). The number of nitrogens with zero attached hydrogens (tertiary/aromatic N) is 4. The molecule has 6 rings (SSSR count). The van der Waals surface area contributed by atoms with Crippen LogP contribution in [0, 0.1) is 0 Å². The third-order valence-corrected chi connectivity index (χ3v) is 8.49. The maximum Gasteiger partial charge on any atom is 0.303 e. The first kappa shape index (κ1) is 25.8. The van der Waals surface area contributed by atoms with E-state index in [0.29, 0.717) is 12.5 Å². The van der Waals surface area contributed by atoms with Crippen LogP contribution in [0.3, 0.4) is 0 Å². The Bertz CT molecular complexity index is 1350. The molecule has 1 aromatic heterocycles. The van der Waals surface area contributed by atoms with Gasteiger partial charge in [0, 0.05) is 45.2 Å². The first-order valence-corrected chi connectivity index (χ1v) is 14.4. The second kappa shape index (κ2) is 11.7. The van der Waals surface area contributed by atoms with Crippen LogP contribution in [0.5, 0.6) is 0 Å². The number of carbonyl (C=O) groups is 1. The number of imidazole rings is 1. The molecular formula is C33H38N4O2. The second-order valence-corrected chi connectivity index (χ2v) is 11.1. The Labute approximate surface area is 230 Å². The summed E-state index contributed by atoms with van der Waals surface area (Å²) in [5, 5.41) is 9.27. The predicted molar refractivity (Wildman–Crippen MR) is 155 cm³/mol. The van der Waals surface area contributed by atoms with Crippen molar-refractivity contribution < 1.29 is 9.90 Å². The lowest BCUT2D eigenvalue weighted by molar-refractivity contribution is -0.137. The van der Waals surface area contributed by atoms with Crippen molar-refractivity contribution in [3.63, 3.8) is 0 Å². The molecule has 0 spiro atoms. The lowest BCUT2D eigenvalue weighted by atomic mass is 9.96. The van der Waals surface area contributed by atoms with Gasteiger partial charge in [0.1, 0.15) is 5.82 Å². The summed E-state index contributed by atoms with van der Waals surface area (Å²) in [7, 11) is 0. The molecule has 0 atom stereocenters. The van der Waals surface area contributed by atoms with Crippen LogP contribution < -0.4 is 0 Å². The van der Waals surface area contributed by atoms with E-state index in [9.17, 15) is 9.90 Å². The fourth-order valence-corrected chi connectivity index (χ4v) is 6.58. The van der Waals surface area contributed by atoms with Gasteiger partial charge in [-0.05, 0) is 41.7 Å². The van der Waals surface area contributed by atoms with Crippen molar-refractivity contribution in [1.82, 2.24) is 19.4 Å². The average molecular weight is 523 g/mol. The summed E-state index contributed by atoms with van der Waals surface area (Å²) in [6, 6.07) is 29.1. The van der Waals surface area contributed by atoms with Gasteiger partial charge in [-0.15, -0.1) is 0 Å². The number of benzene rings is 3. The molecule has 0 bridgehead atoms. The van der Waals surface area contributed by atoms with Crippen molar-refractivity contribution in [2.45, 2.75) is 57.2 Å². The van der Waals surface area contributed by atoms with Crippen LogP contribution in [0.1, 0.15) is 66.7 Å². The van der Waals surface area contributed by atoms with E-state index < -0.39 is 5.97 Å². The van der Waals surface area contributed by atoms with Crippen LogP contribution >= 0.6 is 0 Å². The van der Waals surface area contributed by atoms with Crippen molar-refractivity contribution in [1.29, 1.82) is 0 Å². The van der Waals surface area contributed by atoms with Crippen LogP contribution in [0.2, 0.25) is 0 Å². The zero-order valence-corrected chi connectivity index (χ0v) is 22.6. The van der Waals surface area contributed by atoms with Gasteiger partial charge in [0.05, 0.1) is 23.5 Å². The lowest BCUT2D eigenvalue weighted by Gasteiger charge is -2.39. The SMILES string of the molecule is O=C(O)CCc1nc2cc(CN3CCN(C(c4ccccc4)c4ccccc4)CC3)ccc2n1C1CCCC1. The molecule has 1 aliphatic heterocycles. The Morgan fingerprint density at radius 2 is 1.51 bits per heavy atom. The summed E-state index contributed by atoms with van der Waals surface area (Å²) in [6.45, 7) is 4.99. The highest BCUT2D eigenvalue weighted by Crippen LogP contribution is 2.35. The molecule has 1 aliphatic carbocycles. The molecular weight excluding hydrogens is 484 g/mol. The van der Waals surface area contributed by atoms with Gasteiger partial charge in [-0.3, -0.25) is 14.6 Å². The highest BCUT2D eigenvalue weighted by atomic mass is 16.4. The molecule has 1 saturated carbocycles. The highest BCUT2D eigenvalue weighted by molar-refractivity contribution is 5.77. The Morgan fingerprint density at radius 1 is 0.872 bits per heavy atom. The molecule has 2 heterocycles. The molecule has 2 fully saturated rings. The fraction of sp³-hybridized carbons (Fsp3) is 0.394. The van der Waals surface area contributed by atoms with Crippen LogP contribution in [0.15, 0.2) is 78.9 Å². The van der Waals surface area contributed by atoms with Gasteiger partial charge in [-0.25, -0.2) is 4.98 Å². The summed E-state index contributed by atoms with van der Waals surface area (Å²) in [5.74, 6) is 0.166. The van der Waals surface area contributed by atoms with E-state index in [1.54, 1.807) is 0 Å². The number of aliphatic carboxylic acids is 1. The van der Waals surface area contributed by atoms with E-state index in [0.717, 1.165) is 62.4 Å². The molecule has 39 heavy (non-hydrogen) atoms. The monoisotopic (exact) mass is 522 g/mol. The van der Waals surface area contributed by atoms with E-state index in [-0.39, 0.29) is 12.5 Å². The summed E-state index contributed by atoms with van der Waals surface area (Å²) < 4.78 is 2.35. The number of rotatable bonds is 9. The van der Waals surface area contributed by atoms with Gasteiger partial charge in [0.25, 0.3) is 0 Å². The third-order valence-electron chi connectivity index (χ3n) is 8.49. The fourth-order valence-electron chi connectivity index (χ4n) is 6.58. The molecule has 0 unspecified atom stereocenters. The zero-order chi connectivity index (χ0) is 26.6. The molecule has 0 amide bonds. The number of carboxylic acid groups (broad SMARTS) is 1. The highest BCUT2D eigenvalue weighted by Gasteiger charge is 2.27. The number of hydrogen-bond acceptors (Lipinski definition) is 4. The Hall–Kier alpha value is -3.48. The Balaban J connectivity index is 1.16. The smallest absolute Gasteiger partial charge is 0.303 e. The van der Waals surface area contributed by atoms with E-state index in [1.807, 2.05) is 0 Å². The quantitative estimate of drug-likeness (QED) is 0.289. The van der Waals surface area contributed by atoms with Crippen molar-refractivity contribution in [3.8, 4) is 0 Å². The van der Waals surface area contributed by atoms with E-state index in [2.05, 4.69) is 93.2 Å². The zero-order valence-electron chi connectivity index (χ0n) is 22.6. The van der Waals surface area contributed by atoms with Crippen LogP contribution in [0.25, 0.3) is 11.0 Å². The molecule has 6 nitrogen and oxygen atoms in total. The third kappa shape index (κ3) is 5.77. The minimum absolute atomic E-state index is 0.125. The summed E-state index contributed by atoms with van der Waals surface area (Å²) in [5.41, 5.74) is 6.13. The number of hydrogen-bond donors (Lipinski definition) is 1. The topological polar surface area (TPSA) is 61.6 Å². The molecule has 0 radical (unpaired) electrons. The molecule has 3 aromatic carbocycles. The maximum absolute atomic E-state index is 11.3. The van der Waals surface area contributed by atoms with Crippen molar-refractivity contribution in [2.75, 3.05) is 26.2 Å². The molecule has 1 N–H and O–H groups in total. The maximum atomic E-state index is 11.3. The summed E-state index contributed by atoms with van der Waals surface area (Å²) >= 11 is 0. The van der Waals surface area contributed by atoms with Gasteiger partial charge in [-0.1, -0.05) is 79.6 Å².